The van der Waals surface area contributed by atoms with Crippen LogP contribution in [0.3, 0.4) is 0 Å². The summed E-state index contributed by atoms with van der Waals surface area (Å²) in [5.41, 5.74) is 8.56. The maximum Gasteiger partial charge on any atom is 0.253 e. The number of hydrogen-bond acceptors (Lipinski definition) is 4. The second-order valence-corrected chi connectivity index (χ2v) is 7.89. The van der Waals surface area contributed by atoms with Crippen molar-refractivity contribution in [3.05, 3.63) is 94.8 Å². The molecule has 32 heavy (non-hydrogen) atoms. The van der Waals surface area contributed by atoms with Crippen molar-refractivity contribution in [2.24, 2.45) is 0 Å². The van der Waals surface area contributed by atoms with E-state index in [0.717, 1.165) is 10.9 Å². The number of nitrogens with two attached hydrogens (primary N) is 1. The normalized spacial score (nSPS) is 12.8. The Bertz CT molecular complexity index is 1270. The Kier molecular flexibility index (Phi) is 6.09. The molecule has 2 unspecified atom stereocenters. The van der Waals surface area contributed by atoms with Crippen LogP contribution in [0.4, 0.5) is 5.69 Å². The largest absolute Gasteiger partial charge is 0.398 e. The van der Waals surface area contributed by atoms with Gasteiger partial charge in [-0.2, -0.15) is 0 Å². The minimum atomic E-state index is -0.505. The van der Waals surface area contributed by atoms with Gasteiger partial charge in [-0.3, -0.25) is 9.59 Å². The van der Waals surface area contributed by atoms with Crippen LogP contribution >= 0.6 is 11.6 Å². The number of aromatic nitrogens is 2. The molecule has 0 fully saturated rings. The molecule has 2 atom stereocenters. The Morgan fingerprint density at radius 3 is 2.53 bits per heavy atom. The number of carbonyl (C=O) groups is 2. The molecule has 0 aliphatic rings. The molecule has 4 aromatic rings. The van der Waals surface area contributed by atoms with E-state index in [9.17, 15) is 9.59 Å². The predicted octanol–water partition coefficient (Wildman–Crippen LogP) is 4.09. The Labute approximate surface area is 190 Å². The lowest BCUT2D eigenvalue weighted by molar-refractivity contribution is 0.0888. The number of nitrogens with zero attached hydrogens (tertiary/aromatic N) is 1. The number of H-pyrrole nitrogens is 1. The molecule has 0 aliphatic heterocycles. The van der Waals surface area contributed by atoms with E-state index in [1.54, 1.807) is 36.7 Å². The van der Waals surface area contributed by atoms with Crippen LogP contribution in [0.2, 0.25) is 5.02 Å². The molecule has 0 saturated carbocycles. The van der Waals surface area contributed by atoms with Crippen molar-refractivity contribution in [1.82, 2.24) is 20.6 Å². The number of benzene rings is 2. The molecule has 2 aromatic carbocycles. The van der Waals surface area contributed by atoms with E-state index in [1.165, 1.54) is 6.07 Å². The second kappa shape index (κ2) is 9.11. The van der Waals surface area contributed by atoms with Crippen LogP contribution in [-0.2, 0) is 0 Å². The molecule has 0 aliphatic carbocycles. The lowest BCUT2D eigenvalue weighted by Crippen LogP contribution is -2.44. The number of halogens is 1. The summed E-state index contributed by atoms with van der Waals surface area (Å²) in [4.78, 5) is 33.3. The summed E-state index contributed by atoms with van der Waals surface area (Å²) in [7, 11) is 0. The van der Waals surface area contributed by atoms with Gasteiger partial charge in [0.15, 0.2) is 0 Å². The van der Waals surface area contributed by atoms with E-state index in [-0.39, 0.29) is 17.4 Å². The first kappa shape index (κ1) is 21.4. The highest BCUT2D eigenvalue weighted by molar-refractivity contribution is 6.31. The highest BCUT2D eigenvalue weighted by Gasteiger charge is 2.25. The SMILES string of the molecule is CC(NC(=O)c1ccnc2[nH]ccc12)C(NC(=O)c1cc(Cl)ccc1N)c1ccccc1. The van der Waals surface area contributed by atoms with Crippen molar-refractivity contribution in [1.29, 1.82) is 0 Å². The Hall–Kier alpha value is -3.84. The molecule has 0 bridgehead atoms. The first-order valence-electron chi connectivity index (χ1n) is 10.1. The number of hydrogen-bond donors (Lipinski definition) is 4. The summed E-state index contributed by atoms with van der Waals surface area (Å²) < 4.78 is 0. The number of nitrogen functional groups attached to an aromatic ring is 1. The molecule has 8 heteroatoms. The lowest BCUT2D eigenvalue weighted by Gasteiger charge is -2.27. The van der Waals surface area contributed by atoms with Gasteiger partial charge in [0.2, 0.25) is 0 Å². The molecular formula is C24H22ClN5O2. The Balaban J connectivity index is 1.60. The van der Waals surface area contributed by atoms with Crippen LogP contribution in [0.15, 0.2) is 73.1 Å². The molecule has 0 spiro atoms. The number of carbonyl (C=O) groups excluding carboxylic acids is 2. The minimum Gasteiger partial charge on any atom is -0.398 e. The highest BCUT2D eigenvalue weighted by atomic mass is 35.5. The molecule has 0 radical (unpaired) electrons. The molecule has 5 N–H and O–H groups in total. The summed E-state index contributed by atoms with van der Waals surface area (Å²) >= 11 is 6.05. The van der Waals surface area contributed by atoms with Crippen LogP contribution < -0.4 is 16.4 Å². The molecule has 2 amide bonds. The van der Waals surface area contributed by atoms with Gasteiger partial charge in [-0.25, -0.2) is 4.98 Å². The average Bonchev–Trinajstić information content (AvgIpc) is 3.28. The maximum absolute atomic E-state index is 13.1. The standard InChI is InChI=1S/C24H22ClN5O2/c1-14(29-23(31)18-10-12-28-22-17(18)9-11-27-22)21(15-5-3-2-4-6-15)30-24(32)19-13-16(25)7-8-20(19)26/h2-14,21H,26H2,1H3,(H,27,28)(H,29,31)(H,30,32). The van der Waals surface area contributed by atoms with Gasteiger partial charge in [-0.1, -0.05) is 41.9 Å². The molecule has 2 aromatic heterocycles. The third kappa shape index (κ3) is 4.43. The van der Waals surface area contributed by atoms with Gasteiger partial charge >= 0.3 is 0 Å². The molecule has 2 heterocycles. The van der Waals surface area contributed by atoms with E-state index in [2.05, 4.69) is 20.6 Å². The second-order valence-electron chi connectivity index (χ2n) is 7.45. The summed E-state index contributed by atoms with van der Waals surface area (Å²) in [6.45, 7) is 1.84. The summed E-state index contributed by atoms with van der Waals surface area (Å²) in [5, 5.41) is 7.14. The number of anilines is 1. The predicted molar refractivity (Wildman–Crippen MR) is 126 cm³/mol. The molecule has 162 valence electrons. The van der Waals surface area contributed by atoms with Crippen molar-refractivity contribution in [3.8, 4) is 0 Å². The highest BCUT2D eigenvalue weighted by Crippen LogP contribution is 2.22. The fourth-order valence-electron chi connectivity index (χ4n) is 3.63. The van der Waals surface area contributed by atoms with Crippen LogP contribution in [0.25, 0.3) is 11.0 Å². The Morgan fingerprint density at radius 1 is 1.00 bits per heavy atom. The van der Waals surface area contributed by atoms with Gasteiger partial charge in [-0.15, -0.1) is 0 Å². The number of aromatic amines is 1. The number of nitrogens with one attached hydrogen (secondary N) is 3. The first-order valence-corrected chi connectivity index (χ1v) is 10.5. The first-order chi connectivity index (χ1) is 15.4. The van der Waals surface area contributed by atoms with Crippen molar-refractivity contribution in [2.75, 3.05) is 5.73 Å². The molecule has 4 rings (SSSR count). The lowest BCUT2D eigenvalue weighted by atomic mass is 9.99. The van der Waals surface area contributed by atoms with Crippen LogP contribution in [-0.4, -0.2) is 27.8 Å². The summed E-state index contributed by atoms with van der Waals surface area (Å²) in [5.74, 6) is -0.640. The number of rotatable bonds is 6. The van der Waals surface area contributed by atoms with Crippen LogP contribution in [0.5, 0.6) is 0 Å². The minimum absolute atomic E-state index is 0.262. The van der Waals surface area contributed by atoms with Crippen LogP contribution in [0, 0.1) is 0 Å². The van der Waals surface area contributed by atoms with Crippen LogP contribution in [0.1, 0.15) is 39.2 Å². The number of fused-ring (bicyclic) bond motifs is 1. The quantitative estimate of drug-likeness (QED) is 0.333. The van der Waals surface area contributed by atoms with Crippen molar-refractivity contribution >= 4 is 40.1 Å². The van der Waals surface area contributed by atoms with Gasteiger partial charge < -0.3 is 21.4 Å². The van der Waals surface area contributed by atoms with E-state index in [4.69, 9.17) is 17.3 Å². The van der Waals surface area contributed by atoms with Crippen molar-refractivity contribution in [3.63, 3.8) is 0 Å². The molecule has 7 nitrogen and oxygen atoms in total. The van der Waals surface area contributed by atoms with Gasteiger partial charge in [0.1, 0.15) is 5.65 Å². The zero-order valence-electron chi connectivity index (χ0n) is 17.3. The molecular weight excluding hydrogens is 426 g/mol. The van der Waals surface area contributed by atoms with E-state index in [0.29, 0.717) is 21.9 Å². The summed E-state index contributed by atoms with van der Waals surface area (Å²) in [6, 6.07) is 16.7. The van der Waals surface area contributed by atoms with Crippen molar-refractivity contribution in [2.45, 2.75) is 19.0 Å². The van der Waals surface area contributed by atoms with Gasteiger partial charge in [0, 0.05) is 28.5 Å². The zero-order chi connectivity index (χ0) is 22.7. The fourth-order valence-corrected chi connectivity index (χ4v) is 3.80. The topological polar surface area (TPSA) is 113 Å². The smallest absolute Gasteiger partial charge is 0.253 e. The maximum atomic E-state index is 13.1. The van der Waals surface area contributed by atoms with E-state index in [1.807, 2.05) is 37.3 Å². The summed E-state index contributed by atoms with van der Waals surface area (Å²) in [6.07, 6.45) is 3.32. The van der Waals surface area contributed by atoms with Gasteiger partial charge in [0.05, 0.1) is 23.2 Å². The van der Waals surface area contributed by atoms with Gasteiger partial charge in [0.25, 0.3) is 11.8 Å². The third-order valence-electron chi connectivity index (χ3n) is 5.27. The number of amides is 2. The Morgan fingerprint density at radius 2 is 1.75 bits per heavy atom. The molecule has 0 saturated heterocycles. The van der Waals surface area contributed by atoms with E-state index < -0.39 is 12.1 Å². The fraction of sp³-hybridized carbons (Fsp3) is 0.125. The zero-order valence-corrected chi connectivity index (χ0v) is 18.1. The third-order valence-corrected chi connectivity index (χ3v) is 5.50. The monoisotopic (exact) mass is 447 g/mol. The van der Waals surface area contributed by atoms with E-state index >= 15 is 0 Å². The average molecular weight is 448 g/mol. The van der Waals surface area contributed by atoms with Gasteiger partial charge in [-0.05, 0) is 42.8 Å². The number of pyridine rings is 1. The van der Waals surface area contributed by atoms with Crippen molar-refractivity contribution < 1.29 is 9.59 Å².